The molecule has 1 aliphatic heterocycles. The summed E-state index contributed by atoms with van der Waals surface area (Å²) in [4.78, 5) is 4.23. The Hall–Kier alpha value is -1.07. The van der Waals surface area contributed by atoms with Gasteiger partial charge in [0, 0.05) is 18.9 Å². The third-order valence-electron chi connectivity index (χ3n) is 3.19. The molecular formula is C11H16N2O3. The number of oxazole rings is 1. The van der Waals surface area contributed by atoms with Gasteiger partial charge in [-0.3, -0.25) is 0 Å². The number of hydrogen-bond donors (Lipinski definition) is 1. The summed E-state index contributed by atoms with van der Waals surface area (Å²) in [7, 11) is 0. The van der Waals surface area contributed by atoms with Crippen molar-refractivity contribution in [3.8, 4) is 0 Å². The van der Waals surface area contributed by atoms with Crippen LogP contribution in [0.15, 0.2) is 10.7 Å². The van der Waals surface area contributed by atoms with Crippen molar-refractivity contribution in [1.82, 2.24) is 4.98 Å². The molecule has 1 N–H and O–H groups in total. The van der Waals surface area contributed by atoms with E-state index in [9.17, 15) is 0 Å². The normalized spacial score (nSPS) is 27.7. The van der Waals surface area contributed by atoms with Gasteiger partial charge in [0.2, 0.25) is 0 Å². The van der Waals surface area contributed by atoms with E-state index < -0.39 is 0 Å². The summed E-state index contributed by atoms with van der Waals surface area (Å²) in [5.41, 5.74) is 0.892. The van der Waals surface area contributed by atoms with Gasteiger partial charge in [-0.05, 0) is 13.3 Å². The molecule has 5 nitrogen and oxygen atoms in total. The van der Waals surface area contributed by atoms with Crippen LogP contribution in [-0.2, 0) is 9.47 Å². The standard InChI is InChI=1S/C11H16N2O3/c1-8-7-14-10(12-8)13-9-2-3-11(6-9)15-4-5-16-11/h7,9H,2-6H2,1H3,(H,12,13). The quantitative estimate of drug-likeness (QED) is 0.828. The first-order valence-electron chi connectivity index (χ1n) is 5.72. The van der Waals surface area contributed by atoms with Crippen LogP contribution in [0.3, 0.4) is 0 Å². The summed E-state index contributed by atoms with van der Waals surface area (Å²) in [6, 6.07) is 0.925. The molecule has 1 spiro atoms. The summed E-state index contributed by atoms with van der Waals surface area (Å²) in [6.45, 7) is 3.34. The first-order valence-corrected chi connectivity index (χ1v) is 5.72. The van der Waals surface area contributed by atoms with Gasteiger partial charge in [-0.25, -0.2) is 0 Å². The molecule has 1 aromatic rings. The van der Waals surface area contributed by atoms with E-state index in [1.165, 1.54) is 0 Å². The van der Waals surface area contributed by atoms with Gasteiger partial charge in [-0.1, -0.05) is 0 Å². The Kier molecular flexibility index (Phi) is 2.37. The summed E-state index contributed by atoms with van der Waals surface area (Å²) < 4.78 is 16.6. The second-order valence-corrected chi connectivity index (χ2v) is 4.49. The fourth-order valence-corrected chi connectivity index (χ4v) is 2.45. The largest absolute Gasteiger partial charge is 0.432 e. The molecule has 1 aliphatic carbocycles. The van der Waals surface area contributed by atoms with Crippen LogP contribution >= 0.6 is 0 Å². The van der Waals surface area contributed by atoms with Gasteiger partial charge >= 0.3 is 0 Å². The van der Waals surface area contributed by atoms with Crippen molar-refractivity contribution < 1.29 is 13.9 Å². The molecule has 1 atom stereocenters. The highest BCUT2D eigenvalue weighted by molar-refractivity contribution is 5.23. The Morgan fingerprint density at radius 1 is 1.44 bits per heavy atom. The lowest BCUT2D eigenvalue weighted by Crippen LogP contribution is -2.28. The molecule has 88 valence electrons. The van der Waals surface area contributed by atoms with Crippen LogP contribution in [0.25, 0.3) is 0 Å². The fraction of sp³-hybridized carbons (Fsp3) is 0.727. The number of hydrogen-bond acceptors (Lipinski definition) is 5. The molecule has 2 fully saturated rings. The highest BCUT2D eigenvalue weighted by atomic mass is 16.7. The molecule has 2 heterocycles. The molecule has 0 bridgehead atoms. The molecule has 1 saturated carbocycles. The lowest BCUT2D eigenvalue weighted by Gasteiger charge is -2.21. The van der Waals surface area contributed by atoms with Crippen LogP contribution in [-0.4, -0.2) is 30.0 Å². The van der Waals surface area contributed by atoms with E-state index in [2.05, 4.69) is 10.3 Å². The first-order chi connectivity index (χ1) is 7.76. The SMILES string of the molecule is Cc1coc(NC2CCC3(C2)OCCO3)n1. The third kappa shape index (κ3) is 1.81. The van der Waals surface area contributed by atoms with Crippen LogP contribution in [0, 0.1) is 6.92 Å². The third-order valence-corrected chi connectivity index (χ3v) is 3.19. The molecular weight excluding hydrogens is 208 g/mol. The Labute approximate surface area is 94.1 Å². The summed E-state index contributed by atoms with van der Waals surface area (Å²) in [6.07, 6.45) is 4.50. The van der Waals surface area contributed by atoms with Crippen molar-refractivity contribution in [3.63, 3.8) is 0 Å². The van der Waals surface area contributed by atoms with Crippen molar-refractivity contribution >= 4 is 6.01 Å². The van der Waals surface area contributed by atoms with Crippen molar-refractivity contribution in [2.75, 3.05) is 18.5 Å². The first kappa shape index (κ1) is 10.1. The summed E-state index contributed by atoms with van der Waals surface area (Å²) in [5, 5.41) is 3.28. The number of anilines is 1. The van der Waals surface area contributed by atoms with Gasteiger partial charge in [-0.2, -0.15) is 4.98 Å². The monoisotopic (exact) mass is 224 g/mol. The van der Waals surface area contributed by atoms with Crippen molar-refractivity contribution in [2.24, 2.45) is 0 Å². The van der Waals surface area contributed by atoms with Crippen LogP contribution < -0.4 is 5.32 Å². The Morgan fingerprint density at radius 3 is 2.94 bits per heavy atom. The van der Waals surface area contributed by atoms with E-state index in [-0.39, 0.29) is 5.79 Å². The zero-order valence-electron chi connectivity index (χ0n) is 9.36. The zero-order valence-corrected chi connectivity index (χ0v) is 9.36. The highest BCUT2D eigenvalue weighted by Crippen LogP contribution is 2.38. The molecule has 1 aromatic heterocycles. The summed E-state index contributed by atoms with van der Waals surface area (Å²) >= 11 is 0. The molecule has 5 heteroatoms. The van der Waals surface area contributed by atoms with Gasteiger partial charge in [0.05, 0.1) is 18.9 Å². The van der Waals surface area contributed by atoms with Crippen molar-refractivity contribution in [1.29, 1.82) is 0 Å². The maximum atomic E-state index is 5.66. The molecule has 16 heavy (non-hydrogen) atoms. The number of aryl methyl sites for hydroxylation is 1. The van der Waals surface area contributed by atoms with Gasteiger partial charge in [-0.15, -0.1) is 0 Å². The smallest absolute Gasteiger partial charge is 0.294 e. The molecule has 0 radical (unpaired) electrons. The van der Waals surface area contributed by atoms with E-state index in [1.807, 2.05) is 6.92 Å². The van der Waals surface area contributed by atoms with Crippen LogP contribution in [0.1, 0.15) is 25.0 Å². The number of nitrogens with one attached hydrogen (secondary N) is 1. The Balaban J connectivity index is 1.61. The van der Waals surface area contributed by atoms with Gasteiger partial charge in [0.15, 0.2) is 5.79 Å². The van der Waals surface area contributed by atoms with E-state index >= 15 is 0 Å². The number of rotatable bonds is 2. The second kappa shape index (κ2) is 3.75. The molecule has 3 rings (SSSR count). The summed E-state index contributed by atoms with van der Waals surface area (Å²) in [5.74, 6) is -0.334. The van der Waals surface area contributed by atoms with E-state index in [4.69, 9.17) is 13.9 Å². The zero-order chi connectivity index (χ0) is 11.0. The van der Waals surface area contributed by atoms with E-state index in [0.29, 0.717) is 25.3 Å². The lowest BCUT2D eigenvalue weighted by molar-refractivity contribution is -0.150. The number of nitrogens with zero attached hydrogens (tertiary/aromatic N) is 1. The maximum Gasteiger partial charge on any atom is 0.294 e. The topological polar surface area (TPSA) is 56.5 Å². The minimum atomic E-state index is -0.334. The van der Waals surface area contributed by atoms with Crippen LogP contribution in [0.4, 0.5) is 6.01 Å². The van der Waals surface area contributed by atoms with Gasteiger partial charge in [0.25, 0.3) is 6.01 Å². The van der Waals surface area contributed by atoms with E-state index in [1.54, 1.807) is 6.26 Å². The predicted molar refractivity (Wildman–Crippen MR) is 57.1 cm³/mol. The molecule has 1 saturated heterocycles. The Bertz CT molecular complexity index is 371. The van der Waals surface area contributed by atoms with Gasteiger partial charge < -0.3 is 19.2 Å². The minimum Gasteiger partial charge on any atom is -0.432 e. The van der Waals surface area contributed by atoms with E-state index in [0.717, 1.165) is 25.0 Å². The Morgan fingerprint density at radius 2 is 2.25 bits per heavy atom. The number of ether oxygens (including phenoxy) is 2. The molecule has 0 amide bonds. The maximum absolute atomic E-state index is 5.66. The van der Waals surface area contributed by atoms with Crippen LogP contribution in [0.5, 0.6) is 0 Å². The molecule has 0 aromatic carbocycles. The minimum absolute atomic E-state index is 0.330. The molecule has 2 aliphatic rings. The average molecular weight is 224 g/mol. The molecule has 1 unspecified atom stereocenters. The number of aromatic nitrogens is 1. The van der Waals surface area contributed by atoms with Crippen molar-refractivity contribution in [2.45, 2.75) is 38.0 Å². The fourth-order valence-electron chi connectivity index (χ4n) is 2.45. The lowest BCUT2D eigenvalue weighted by atomic mass is 10.2. The van der Waals surface area contributed by atoms with Crippen molar-refractivity contribution in [3.05, 3.63) is 12.0 Å². The average Bonchev–Trinajstić information content (AvgIpc) is 2.94. The van der Waals surface area contributed by atoms with Crippen LogP contribution in [0.2, 0.25) is 0 Å². The predicted octanol–water partition coefficient (Wildman–Crippen LogP) is 1.69. The second-order valence-electron chi connectivity index (χ2n) is 4.49. The van der Waals surface area contributed by atoms with Gasteiger partial charge in [0.1, 0.15) is 6.26 Å². The highest BCUT2D eigenvalue weighted by Gasteiger charge is 2.44.